The van der Waals surface area contributed by atoms with Gasteiger partial charge >= 0.3 is 7.82 Å². The maximum absolute atomic E-state index is 12.7. The first-order chi connectivity index (χ1) is 23.4. The highest BCUT2D eigenvalue weighted by Gasteiger charge is 2.26. The Bertz CT molecular complexity index is 809. The van der Waals surface area contributed by atoms with E-state index in [0.29, 0.717) is 6.42 Å². The first-order valence-electron chi connectivity index (χ1n) is 20.0. The molecule has 0 aromatic carbocycles. The van der Waals surface area contributed by atoms with Crippen molar-refractivity contribution in [1.82, 2.24) is 5.32 Å². The van der Waals surface area contributed by atoms with Crippen molar-refractivity contribution in [3.63, 3.8) is 0 Å². The summed E-state index contributed by atoms with van der Waals surface area (Å²) in [6.45, 7) is 4.10. The normalized spacial score (nSPS) is 14.5. The summed E-state index contributed by atoms with van der Waals surface area (Å²) < 4.78 is 22.0. The topological polar surface area (TPSA) is 131 Å². The monoisotopic (exact) mass is 701 g/mol. The number of nitrogens with two attached hydrogens (primary N) is 1. The zero-order chi connectivity index (χ0) is 35.4. The van der Waals surface area contributed by atoms with Crippen LogP contribution in [0.25, 0.3) is 0 Å². The maximum atomic E-state index is 12.7. The SMILES string of the molecule is CCCCCCCC/C=C\CCCCCCCCCCCC(=O)NC(COP(=O)(O)OCCN)C(O)/C=C/CCCCCCCCCC. The molecule has 0 aliphatic rings. The van der Waals surface area contributed by atoms with Crippen LogP contribution < -0.4 is 11.1 Å². The van der Waals surface area contributed by atoms with Crippen LogP contribution in [0.2, 0.25) is 0 Å². The van der Waals surface area contributed by atoms with Gasteiger partial charge in [0.25, 0.3) is 0 Å². The van der Waals surface area contributed by atoms with E-state index in [1.807, 2.05) is 6.08 Å². The number of allylic oxidation sites excluding steroid dienone is 3. The van der Waals surface area contributed by atoms with Gasteiger partial charge in [0.05, 0.1) is 25.4 Å². The highest BCUT2D eigenvalue weighted by Crippen LogP contribution is 2.43. The zero-order valence-electron chi connectivity index (χ0n) is 31.2. The highest BCUT2D eigenvalue weighted by molar-refractivity contribution is 7.47. The number of phosphoric ester groups is 1. The number of carbonyl (C=O) groups excluding carboxylic acids is 1. The molecule has 0 aromatic heterocycles. The lowest BCUT2D eigenvalue weighted by atomic mass is 10.0. The van der Waals surface area contributed by atoms with Gasteiger partial charge in [-0.25, -0.2) is 4.57 Å². The molecule has 1 amide bonds. The molecule has 0 radical (unpaired) electrons. The molecule has 0 heterocycles. The first kappa shape index (κ1) is 47.0. The van der Waals surface area contributed by atoms with Crippen molar-refractivity contribution in [3.05, 3.63) is 24.3 Å². The second kappa shape index (κ2) is 35.8. The molecule has 3 atom stereocenters. The lowest BCUT2D eigenvalue weighted by molar-refractivity contribution is -0.123. The van der Waals surface area contributed by atoms with E-state index in [-0.39, 0.29) is 25.7 Å². The third-order valence-electron chi connectivity index (χ3n) is 8.77. The van der Waals surface area contributed by atoms with Gasteiger partial charge in [-0.2, -0.15) is 0 Å². The minimum absolute atomic E-state index is 0.0788. The Hall–Kier alpha value is -1.02. The number of amides is 1. The molecule has 0 aromatic rings. The van der Waals surface area contributed by atoms with Crippen LogP contribution in [-0.4, -0.2) is 47.8 Å². The van der Waals surface area contributed by atoms with Gasteiger partial charge in [0.1, 0.15) is 0 Å². The molecule has 5 N–H and O–H groups in total. The molecule has 0 aliphatic heterocycles. The van der Waals surface area contributed by atoms with Crippen molar-refractivity contribution in [2.24, 2.45) is 5.73 Å². The number of hydrogen-bond acceptors (Lipinski definition) is 6. The van der Waals surface area contributed by atoms with E-state index in [1.54, 1.807) is 6.08 Å². The minimum atomic E-state index is -4.33. The summed E-state index contributed by atoms with van der Waals surface area (Å²) in [5.41, 5.74) is 5.35. The molecular formula is C39H77N2O6P. The summed E-state index contributed by atoms with van der Waals surface area (Å²) in [7, 11) is -4.33. The number of hydrogen-bond donors (Lipinski definition) is 4. The van der Waals surface area contributed by atoms with Crippen molar-refractivity contribution in [2.75, 3.05) is 19.8 Å². The summed E-state index contributed by atoms with van der Waals surface area (Å²) in [5.74, 6) is -0.198. The van der Waals surface area contributed by atoms with Gasteiger partial charge in [0.2, 0.25) is 5.91 Å². The summed E-state index contributed by atoms with van der Waals surface area (Å²) in [6.07, 6.45) is 39.4. The number of aliphatic hydroxyl groups excluding tert-OH is 1. The van der Waals surface area contributed by atoms with Crippen LogP contribution in [0, 0.1) is 0 Å². The molecule has 0 spiro atoms. The van der Waals surface area contributed by atoms with E-state index in [2.05, 4.69) is 31.3 Å². The van der Waals surface area contributed by atoms with Gasteiger partial charge < -0.3 is 21.1 Å². The van der Waals surface area contributed by atoms with Crippen LogP contribution in [0.4, 0.5) is 0 Å². The highest BCUT2D eigenvalue weighted by atomic mass is 31.2. The number of nitrogens with one attached hydrogen (secondary N) is 1. The molecule has 9 heteroatoms. The van der Waals surface area contributed by atoms with Crippen LogP contribution in [0.15, 0.2) is 24.3 Å². The van der Waals surface area contributed by atoms with Gasteiger partial charge in [0.15, 0.2) is 0 Å². The van der Waals surface area contributed by atoms with E-state index in [9.17, 15) is 19.4 Å². The maximum Gasteiger partial charge on any atom is 0.472 e. The Morgan fingerprint density at radius 1 is 0.667 bits per heavy atom. The Balaban J connectivity index is 4.17. The lowest BCUT2D eigenvalue weighted by Gasteiger charge is -2.23. The molecule has 0 saturated heterocycles. The summed E-state index contributed by atoms with van der Waals surface area (Å²) in [5, 5.41) is 13.6. The van der Waals surface area contributed by atoms with Gasteiger partial charge in [-0.3, -0.25) is 13.8 Å². The van der Waals surface area contributed by atoms with Crippen LogP contribution in [0.5, 0.6) is 0 Å². The first-order valence-corrected chi connectivity index (χ1v) is 21.5. The molecule has 0 aliphatic carbocycles. The summed E-state index contributed by atoms with van der Waals surface area (Å²) in [6, 6.07) is -0.856. The molecule has 3 unspecified atom stereocenters. The van der Waals surface area contributed by atoms with E-state index in [0.717, 1.165) is 38.5 Å². The molecule has 8 nitrogen and oxygen atoms in total. The van der Waals surface area contributed by atoms with Crippen molar-refractivity contribution >= 4 is 13.7 Å². The third kappa shape index (κ3) is 33.5. The fourth-order valence-corrected chi connectivity index (χ4v) is 6.47. The second-order valence-electron chi connectivity index (χ2n) is 13.5. The van der Waals surface area contributed by atoms with Crippen molar-refractivity contribution in [1.29, 1.82) is 0 Å². The van der Waals surface area contributed by atoms with E-state index in [1.165, 1.54) is 128 Å². The largest absolute Gasteiger partial charge is 0.472 e. The Morgan fingerprint density at radius 2 is 1.08 bits per heavy atom. The smallest absolute Gasteiger partial charge is 0.387 e. The number of rotatable bonds is 37. The number of aliphatic hydroxyl groups is 1. The zero-order valence-corrected chi connectivity index (χ0v) is 32.1. The van der Waals surface area contributed by atoms with E-state index in [4.69, 9.17) is 14.8 Å². The van der Waals surface area contributed by atoms with Crippen LogP contribution in [0.1, 0.15) is 187 Å². The molecule has 48 heavy (non-hydrogen) atoms. The van der Waals surface area contributed by atoms with Gasteiger partial charge in [-0.1, -0.05) is 160 Å². The molecule has 0 rings (SSSR count). The van der Waals surface area contributed by atoms with E-state index < -0.39 is 20.0 Å². The molecule has 0 saturated carbocycles. The molecule has 0 bridgehead atoms. The van der Waals surface area contributed by atoms with Crippen LogP contribution in [-0.2, 0) is 18.4 Å². The summed E-state index contributed by atoms with van der Waals surface area (Å²) >= 11 is 0. The van der Waals surface area contributed by atoms with Crippen LogP contribution >= 0.6 is 7.82 Å². The van der Waals surface area contributed by atoms with Crippen LogP contribution in [0.3, 0.4) is 0 Å². The molecular weight excluding hydrogens is 623 g/mol. The number of carbonyl (C=O) groups is 1. The minimum Gasteiger partial charge on any atom is -0.387 e. The predicted molar refractivity (Wildman–Crippen MR) is 203 cm³/mol. The van der Waals surface area contributed by atoms with Crippen molar-refractivity contribution in [3.8, 4) is 0 Å². The standard InChI is InChI=1S/C39H77N2O6P/c1-3-5-7-9-11-13-15-16-17-18-19-20-21-22-23-25-27-29-31-33-39(43)41-37(36-47-48(44,45)46-35-34-40)38(42)32-30-28-26-24-14-12-10-8-6-4-2/h16-17,30,32,37-38,42H,3-15,18-29,31,33-36,40H2,1-2H3,(H,41,43)(H,44,45)/b17-16-,32-30+. The van der Waals surface area contributed by atoms with Gasteiger partial charge in [-0.15, -0.1) is 0 Å². The van der Waals surface area contributed by atoms with Crippen molar-refractivity contribution in [2.45, 2.75) is 199 Å². The van der Waals surface area contributed by atoms with Gasteiger partial charge in [0, 0.05) is 13.0 Å². The average Bonchev–Trinajstić information content (AvgIpc) is 3.07. The molecule has 284 valence electrons. The third-order valence-corrected chi connectivity index (χ3v) is 9.76. The Morgan fingerprint density at radius 3 is 1.54 bits per heavy atom. The lowest BCUT2D eigenvalue weighted by Crippen LogP contribution is -2.45. The quantitative estimate of drug-likeness (QED) is 0.0288. The number of phosphoric acid groups is 1. The van der Waals surface area contributed by atoms with E-state index >= 15 is 0 Å². The fraction of sp³-hybridized carbons (Fsp3) is 0.872. The Kier molecular flexibility index (Phi) is 35.0. The number of unbranched alkanes of at least 4 members (excludes halogenated alkanes) is 23. The summed E-state index contributed by atoms with van der Waals surface area (Å²) in [4.78, 5) is 22.6. The fourth-order valence-electron chi connectivity index (χ4n) is 5.71. The van der Waals surface area contributed by atoms with Gasteiger partial charge in [-0.05, 0) is 44.9 Å². The predicted octanol–water partition coefficient (Wildman–Crippen LogP) is 10.6. The average molecular weight is 701 g/mol. The second-order valence-corrected chi connectivity index (χ2v) is 14.9. The van der Waals surface area contributed by atoms with Crippen molar-refractivity contribution < 1.29 is 28.4 Å². The molecule has 0 fully saturated rings. The Labute approximate surface area is 296 Å².